The van der Waals surface area contributed by atoms with Crippen LogP contribution in [0.3, 0.4) is 0 Å². The number of carboxylic acid groups (broad SMARTS) is 1. The number of carbonyl (C=O) groups is 3. The number of carboxylic acids is 1. The molecular formula is C12H21NO5. The van der Waals surface area contributed by atoms with Crippen LogP contribution in [0.15, 0.2) is 0 Å². The van der Waals surface area contributed by atoms with Gasteiger partial charge in [-0.3, -0.25) is 14.4 Å². The molecule has 0 aliphatic rings. The van der Waals surface area contributed by atoms with Gasteiger partial charge >= 0.3 is 11.9 Å². The van der Waals surface area contributed by atoms with Crippen LogP contribution in [0, 0.1) is 5.92 Å². The van der Waals surface area contributed by atoms with E-state index in [1.807, 2.05) is 0 Å². The smallest absolute Gasteiger partial charge is 0.315 e. The third kappa shape index (κ3) is 4.73. The molecule has 0 fully saturated rings. The van der Waals surface area contributed by atoms with Crippen LogP contribution in [-0.4, -0.2) is 47.5 Å². The van der Waals surface area contributed by atoms with E-state index in [1.165, 1.54) is 11.9 Å². The molecule has 1 amide bonds. The first kappa shape index (κ1) is 16.4. The van der Waals surface area contributed by atoms with E-state index in [0.29, 0.717) is 6.42 Å². The number of carbonyl (C=O) groups excluding carboxylic acids is 2. The Kier molecular flexibility index (Phi) is 7.00. The quantitative estimate of drug-likeness (QED) is 0.542. The summed E-state index contributed by atoms with van der Waals surface area (Å²) >= 11 is 0. The van der Waals surface area contributed by atoms with Crippen LogP contribution in [0.5, 0.6) is 0 Å². The molecule has 0 rings (SSSR count). The lowest BCUT2D eigenvalue weighted by molar-refractivity contribution is -0.150. The van der Waals surface area contributed by atoms with Gasteiger partial charge in [-0.05, 0) is 20.3 Å². The lowest BCUT2D eigenvalue weighted by Gasteiger charge is -2.29. The summed E-state index contributed by atoms with van der Waals surface area (Å²) in [5.41, 5.74) is 0. The van der Waals surface area contributed by atoms with Gasteiger partial charge in [-0.15, -0.1) is 0 Å². The molecule has 0 aliphatic carbocycles. The fourth-order valence-corrected chi connectivity index (χ4v) is 1.68. The maximum absolute atomic E-state index is 11.7. The molecular weight excluding hydrogens is 238 g/mol. The fraction of sp³-hybridized carbons (Fsp3) is 0.750. The number of nitrogens with zero attached hydrogens (tertiary/aromatic N) is 1. The molecule has 0 aromatic heterocycles. The van der Waals surface area contributed by atoms with Crippen molar-refractivity contribution in [1.82, 2.24) is 4.90 Å². The number of aliphatic carboxylic acids is 1. The number of rotatable bonds is 7. The molecule has 6 heteroatoms. The van der Waals surface area contributed by atoms with Gasteiger partial charge in [0.25, 0.3) is 0 Å². The van der Waals surface area contributed by atoms with E-state index >= 15 is 0 Å². The molecule has 1 N–H and O–H groups in total. The summed E-state index contributed by atoms with van der Waals surface area (Å²) in [4.78, 5) is 35.2. The summed E-state index contributed by atoms with van der Waals surface area (Å²) in [5.74, 6) is -2.60. The first-order valence-corrected chi connectivity index (χ1v) is 5.99. The molecule has 0 spiro atoms. The van der Waals surface area contributed by atoms with Crippen LogP contribution in [0.4, 0.5) is 0 Å². The van der Waals surface area contributed by atoms with Crippen molar-refractivity contribution >= 4 is 17.8 Å². The van der Waals surface area contributed by atoms with Crippen LogP contribution >= 0.6 is 0 Å². The van der Waals surface area contributed by atoms with Gasteiger partial charge in [0.05, 0.1) is 12.5 Å². The molecule has 0 saturated carbocycles. The van der Waals surface area contributed by atoms with Crippen molar-refractivity contribution in [3.63, 3.8) is 0 Å². The average Bonchev–Trinajstić information content (AvgIpc) is 2.28. The van der Waals surface area contributed by atoms with Gasteiger partial charge in [0, 0.05) is 13.1 Å². The molecule has 104 valence electrons. The summed E-state index contributed by atoms with van der Waals surface area (Å²) < 4.78 is 4.67. The Balaban J connectivity index is 4.53. The molecule has 0 radical (unpaired) electrons. The third-order valence-corrected chi connectivity index (χ3v) is 2.94. The summed E-state index contributed by atoms with van der Waals surface area (Å²) in [6, 6.07) is -0.463. The van der Waals surface area contributed by atoms with Crippen LogP contribution in [0.25, 0.3) is 0 Å². The van der Waals surface area contributed by atoms with Crippen molar-refractivity contribution in [2.24, 2.45) is 5.92 Å². The number of amides is 1. The molecule has 0 heterocycles. The van der Waals surface area contributed by atoms with Crippen molar-refractivity contribution in [1.29, 1.82) is 0 Å². The highest BCUT2D eigenvalue weighted by Gasteiger charge is 2.29. The SMILES string of the molecule is CCOC(=O)CC(=O)N(C)C(C)C(CC)C(=O)O. The highest BCUT2D eigenvalue weighted by molar-refractivity contribution is 5.94. The third-order valence-electron chi connectivity index (χ3n) is 2.94. The second kappa shape index (κ2) is 7.68. The van der Waals surface area contributed by atoms with Crippen LogP contribution < -0.4 is 0 Å². The summed E-state index contributed by atoms with van der Waals surface area (Å²) in [6.45, 7) is 5.29. The van der Waals surface area contributed by atoms with Crippen molar-refractivity contribution in [3.8, 4) is 0 Å². The molecule has 6 nitrogen and oxygen atoms in total. The van der Waals surface area contributed by atoms with Gasteiger partial charge < -0.3 is 14.7 Å². The topological polar surface area (TPSA) is 83.9 Å². The molecule has 0 saturated heterocycles. The van der Waals surface area contributed by atoms with E-state index in [2.05, 4.69) is 4.74 Å². The van der Waals surface area contributed by atoms with Gasteiger partial charge in [-0.2, -0.15) is 0 Å². The first-order valence-electron chi connectivity index (χ1n) is 5.99. The molecule has 2 unspecified atom stereocenters. The van der Waals surface area contributed by atoms with Crippen molar-refractivity contribution in [3.05, 3.63) is 0 Å². The molecule has 0 aromatic carbocycles. The van der Waals surface area contributed by atoms with Crippen molar-refractivity contribution in [2.75, 3.05) is 13.7 Å². The Morgan fingerprint density at radius 3 is 2.22 bits per heavy atom. The predicted molar refractivity (Wildman–Crippen MR) is 64.9 cm³/mol. The Morgan fingerprint density at radius 2 is 1.83 bits per heavy atom. The maximum Gasteiger partial charge on any atom is 0.315 e. The van der Waals surface area contributed by atoms with E-state index in [4.69, 9.17) is 5.11 Å². The molecule has 18 heavy (non-hydrogen) atoms. The van der Waals surface area contributed by atoms with Gasteiger partial charge in [-0.25, -0.2) is 0 Å². The highest BCUT2D eigenvalue weighted by Crippen LogP contribution is 2.15. The lowest BCUT2D eigenvalue weighted by atomic mass is 9.97. The second-order valence-corrected chi connectivity index (χ2v) is 4.08. The lowest BCUT2D eigenvalue weighted by Crippen LogP contribution is -2.43. The first-order chi connectivity index (χ1) is 8.34. The number of ether oxygens (including phenoxy) is 1. The Morgan fingerprint density at radius 1 is 1.28 bits per heavy atom. The zero-order chi connectivity index (χ0) is 14.3. The minimum absolute atomic E-state index is 0.220. The minimum atomic E-state index is -0.944. The van der Waals surface area contributed by atoms with E-state index in [9.17, 15) is 14.4 Å². The summed E-state index contributed by atoms with van der Waals surface area (Å²) in [7, 11) is 1.50. The molecule has 0 bridgehead atoms. The maximum atomic E-state index is 11.7. The second-order valence-electron chi connectivity index (χ2n) is 4.08. The fourth-order valence-electron chi connectivity index (χ4n) is 1.68. The normalized spacial score (nSPS) is 13.6. The van der Waals surface area contributed by atoms with Gasteiger partial charge in [0.15, 0.2) is 0 Å². The van der Waals surface area contributed by atoms with Crippen LogP contribution in [0.1, 0.15) is 33.6 Å². The molecule has 0 aromatic rings. The highest BCUT2D eigenvalue weighted by atomic mass is 16.5. The summed E-state index contributed by atoms with van der Waals surface area (Å²) in [5, 5.41) is 9.01. The standard InChI is InChI=1S/C12H21NO5/c1-5-9(12(16)17)8(3)13(4)10(14)7-11(15)18-6-2/h8-9H,5-7H2,1-4H3,(H,16,17). The van der Waals surface area contributed by atoms with Crippen molar-refractivity contribution < 1.29 is 24.2 Å². The molecule has 0 aliphatic heterocycles. The Labute approximate surface area is 107 Å². The van der Waals surface area contributed by atoms with E-state index in [-0.39, 0.29) is 13.0 Å². The van der Waals surface area contributed by atoms with Gasteiger partial charge in [0.2, 0.25) is 5.91 Å². The largest absolute Gasteiger partial charge is 0.481 e. The minimum Gasteiger partial charge on any atom is -0.481 e. The Bertz CT molecular complexity index is 316. The van der Waals surface area contributed by atoms with Crippen LogP contribution in [0.2, 0.25) is 0 Å². The van der Waals surface area contributed by atoms with E-state index < -0.39 is 29.8 Å². The zero-order valence-electron chi connectivity index (χ0n) is 11.3. The number of esters is 1. The zero-order valence-corrected chi connectivity index (χ0v) is 11.3. The predicted octanol–water partition coefficient (Wildman–Crippen LogP) is 0.897. The van der Waals surface area contributed by atoms with Crippen LogP contribution in [-0.2, 0) is 19.1 Å². The van der Waals surface area contributed by atoms with E-state index in [0.717, 1.165) is 0 Å². The van der Waals surface area contributed by atoms with Crippen molar-refractivity contribution in [2.45, 2.75) is 39.7 Å². The van der Waals surface area contributed by atoms with Gasteiger partial charge in [0.1, 0.15) is 6.42 Å². The summed E-state index contributed by atoms with van der Waals surface area (Å²) in [6.07, 6.45) is 0.0677. The van der Waals surface area contributed by atoms with E-state index in [1.54, 1.807) is 20.8 Å². The van der Waals surface area contributed by atoms with Gasteiger partial charge in [-0.1, -0.05) is 6.92 Å². The average molecular weight is 259 g/mol. The monoisotopic (exact) mass is 259 g/mol. The Hall–Kier alpha value is -1.59. The molecule has 2 atom stereocenters. The number of hydrogen-bond donors (Lipinski definition) is 1. The number of hydrogen-bond acceptors (Lipinski definition) is 4.